The van der Waals surface area contributed by atoms with Crippen molar-refractivity contribution in [3.63, 3.8) is 0 Å². The van der Waals surface area contributed by atoms with Crippen molar-refractivity contribution < 1.29 is 33.8 Å². The molecule has 2 aliphatic heterocycles. The second kappa shape index (κ2) is 8.15. The zero-order valence-electron chi connectivity index (χ0n) is 14.6. The molecule has 2 unspecified atom stereocenters. The molecular weight excluding hydrogens is 408 g/mol. The van der Waals surface area contributed by atoms with E-state index in [4.69, 9.17) is 4.74 Å². The number of fused-ring (bicyclic) bond motifs is 1. The van der Waals surface area contributed by atoms with E-state index in [9.17, 15) is 29.1 Å². The minimum absolute atomic E-state index is 0.0377. The molecule has 1 saturated heterocycles. The maximum absolute atomic E-state index is 12.5. The number of carboxylic acids is 1. The number of amides is 2. The Balaban J connectivity index is 1.79. The Kier molecular flexibility index (Phi) is 5.84. The fourth-order valence-corrected chi connectivity index (χ4v) is 5.06. The number of rotatable bonds is 7. The van der Waals surface area contributed by atoms with E-state index in [-0.39, 0.29) is 23.6 Å². The summed E-state index contributed by atoms with van der Waals surface area (Å²) in [6, 6.07) is 2.68. The monoisotopic (exact) mass is 424 g/mol. The number of nitrogens with zero attached hydrogens (tertiary/aromatic N) is 1. The Morgan fingerprint density at radius 3 is 2.71 bits per heavy atom. The molecule has 2 N–H and O–H groups in total. The molecule has 28 heavy (non-hydrogen) atoms. The van der Waals surface area contributed by atoms with Gasteiger partial charge in [0.05, 0.1) is 11.7 Å². The number of β-lactam (4-membered cyclic amide) rings is 1. The second-order valence-electron chi connectivity index (χ2n) is 6.05. The topological polar surface area (TPSA) is 130 Å². The number of carbonyl (C=O) groups excluding carboxylic acids is 4. The van der Waals surface area contributed by atoms with E-state index in [1.807, 2.05) is 11.4 Å². The minimum atomic E-state index is -1.41. The van der Waals surface area contributed by atoms with E-state index >= 15 is 0 Å². The van der Waals surface area contributed by atoms with Gasteiger partial charge in [0.2, 0.25) is 5.91 Å². The summed E-state index contributed by atoms with van der Waals surface area (Å²) in [5, 5.41) is 12.4. The van der Waals surface area contributed by atoms with Gasteiger partial charge < -0.3 is 20.0 Å². The van der Waals surface area contributed by atoms with E-state index in [0.29, 0.717) is 6.29 Å². The lowest BCUT2D eigenvalue weighted by Crippen LogP contribution is -2.71. The molecule has 0 radical (unpaired) electrons. The van der Waals surface area contributed by atoms with Crippen molar-refractivity contribution in [3.05, 3.63) is 33.7 Å². The molecule has 3 rings (SSSR count). The van der Waals surface area contributed by atoms with Gasteiger partial charge >= 0.3 is 11.9 Å². The van der Waals surface area contributed by atoms with Gasteiger partial charge in [0, 0.05) is 17.4 Å². The summed E-state index contributed by atoms with van der Waals surface area (Å²) in [4.78, 5) is 60.9. The standard InChI is InChI=1S/C17H16N2O7S2/c1-8(21)26-7-10-11(6-20)28-16-13(15(23)19(16)14(10)17(24)25)18-12(22)5-9-3-2-4-27-9/h2-4,6,11,13,16H,5,7H2,1H3,(H,18,22)(H,24,25)/t11?,13?,16-/m0/s1. The Morgan fingerprint density at radius 1 is 1.39 bits per heavy atom. The summed E-state index contributed by atoms with van der Waals surface area (Å²) in [5.74, 6) is -2.99. The van der Waals surface area contributed by atoms with Gasteiger partial charge in [0.1, 0.15) is 30.0 Å². The molecule has 0 saturated carbocycles. The van der Waals surface area contributed by atoms with Crippen LogP contribution in [0.15, 0.2) is 28.8 Å². The van der Waals surface area contributed by atoms with Gasteiger partial charge in [-0.1, -0.05) is 6.07 Å². The van der Waals surface area contributed by atoms with Crippen molar-refractivity contribution in [1.82, 2.24) is 10.2 Å². The van der Waals surface area contributed by atoms with Crippen molar-refractivity contribution in [2.45, 2.75) is 30.0 Å². The van der Waals surface area contributed by atoms with Crippen LogP contribution >= 0.6 is 23.1 Å². The Labute approximate surface area is 167 Å². The number of aliphatic carboxylic acids is 1. The Bertz CT molecular complexity index is 865. The van der Waals surface area contributed by atoms with Crippen molar-refractivity contribution in [3.8, 4) is 0 Å². The summed E-state index contributed by atoms with van der Waals surface area (Å²) in [6.07, 6.45) is 0.645. The summed E-state index contributed by atoms with van der Waals surface area (Å²) in [6.45, 7) is 0.753. The number of hydrogen-bond donors (Lipinski definition) is 2. The second-order valence-corrected chi connectivity index (χ2v) is 8.35. The third-order valence-electron chi connectivity index (χ3n) is 4.21. The van der Waals surface area contributed by atoms with Crippen LogP contribution in [0.3, 0.4) is 0 Å². The minimum Gasteiger partial charge on any atom is -0.477 e. The van der Waals surface area contributed by atoms with Crippen LogP contribution in [0.4, 0.5) is 0 Å². The van der Waals surface area contributed by atoms with Crippen molar-refractivity contribution in [1.29, 1.82) is 0 Å². The molecule has 2 amide bonds. The van der Waals surface area contributed by atoms with Gasteiger partial charge in [0.15, 0.2) is 0 Å². The Morgan fingerprint density at radius 2 is 2.14 bits per heavy atom. The summed E-state index contributed by atoms with van der Waals surface area (Å²) >= 11 is 2.45. The summed E-state index contributed by atoms with van der Waals surface area (Å²) < 4.78 is 4.85. The maximum atomic E-state index is 12.5. The molecule has 0 spiro atoms. The molecule has 11 heteroatoms. The average molecular weight is 424 g/mol. The fraction of sp³-hybridized carbons (Fsp3) is 0.353. The van der Waals surface area contributed by atoms with Crippen LogP contribution in [-0.4, -0.2) is 63.3 Å². The van der Waals surface area contributed by atoms with Gasteiger partial charge in [0.25, 0.3) is 5.91 Å². The van der Waals surface area contributed by atoms with Crippen molar-refractivity contribution in [2.75, 3.05) is 6.61 Å². The zero-order chi connectivity index (χ0) is 20.4. The first-order valence-electron chi connectivity index (χ1n) is 8.18. The third-order valence-corrected chi connectivity index (χ3v) is 6.53. The van der Waals surface area contributed by atoms with E-state index in [2.05, 4.69) is 5.32 Å². The lowest BCUT2D eigenvalue weighted by atomic mass is 10.0. The largest absolute Gasteiger partial charge is 0.477 e. The number of aldehydes is 1. The number of hydrogen-bond acceptors (Lipinski definition) is 8. The van der Waals surface area contributed by atoms with Crippen LogP contribution in [0, 0.1) is 0 Å². The predicted octanol–water partition coefficient (Wildman–Crippen LogP) is 0.160. The maximum Gasteiger partial charge on any atom is 0.352 e. The van der Waals surface area contributed by atoms with Gasteiger partial charge in [-0.3, -0.25) is 19.3 Å². The van der Waals surface area contributed by atoms with Crippen LogP contribution in [0.2, 0.25) is 0 Å². The van der Waals surface area contributed by atoms with Crippen LogP contribution < -0.4 is 5.32 Å². The molecule has 1 aromatic rings. The third kappa shape index (κ3) is 3.80. The zero-order valence-corrected chi connectivity index (χ0v) is 16.2. The predicted molar refractivity (Wildman–Crippen MR) is 99.3 cm³/mol. The number of thioether (sulfide) groups is 1. The average Bonchev–Trinajstić information content (AvgIpc) is 3.15. The molecule has 0 bridgehead atoms. The highest BCUT2D eigenvalue weighted by molar-refractivity contribution is 8.01. The normalized spacial score (nSPS) is 23.5. The molecule has 3 heterocycles. The van der Waals surface area contributed by atoms with Crippen molar-refractivity contribution >= 4 is 53.1 Å². The van der Waals surface area contributed by atoms with Gasteiger partial charge in [-0.15, -0.1) is 23.1 Å². The van der Waals surface area contributed by atoms with Crippen LogP contribution in [0.1, 0.15) is 11.8 Å². The van der Waals surface area contributed by atoms with Crippen LogP contribution in [-0.2, 0) is 35.1 Å². The van der Waals surface area contributed by atoms with E-state index in [1.54, 1.807) is 6.07 Å². The quantitative estimate of drug-likeness (QED) is 0.360. The number of carboxylic acid groups (broad SMARTS) is 1. The van der Waals surface area contributed by atoms with E-state index in [1.165, 1.54) is 11.3 Å². The SMILES string of the molecule is CC(=O)OCC1=C(C(=O)O)N2C(=O)C(NC(=O)Cc3cccs3)[C@@H]2SC1C=O. The highest BCUT2D eigenvalue weighted by Gasteiger charge is 2.56. The first-order chi connectivity index (χ1) is 13.3. The van der Waals surface area contributed by atoms with Crippen molar-refractivity contribution in [2.24, 2.45) is 0 Å². The molecule has 0 aromatic carbocycles. The first-order valence-corrected chi connectivity index (χ1v) is 10.0. The first kappa shape index (κ1) is 20.1. The van der Waals surface area contributed by atoms with E-state index < -0.39 is 41.1 Å². The highest BCUT2D eigenvalue weighted by atomic mass is 32.2. The molecule has 0 aliphatic carbocycles. The fourth-order valence-electron chi connectivity index (χ4n) is 2.98. The molecular formula is C17H16N2O7S2. The van der Waals surface area contributed by atoms with Crippen LogP contribution in [0.5, 0.6) is 0 Å². The highest BCUT2D eigenvalue weighted by Crippen LogP contribution is 2.43. The number of ether oxygens (including phenoxy) is 1. The van der Waals surface area contributed by atoms with Gasteiger partial charge in [-0.25, -0.2) is 4.79 Å². The number of thiophene rings is 1. The number of nitrogens with one attached hydrogen (secondary N) is 1. The Hall–Kier alpha value is -2.66. The molecule has 2 aliphatic rings. The number of esters is 1. The number of carbonyl (C=O) groups is 5. The van der Waals surface area contributed by atoms with Crippen LogP contribution in [0.25, 0.3) is 0 Å². The molecule has 9 nitrogen and oxygen atoms in total. The summed E-state index contributed by atoms with van der Waals surface area (Å²) in [7, 11) is 0. The smallest absolute Gasteiger partial charge is 0.352 e. The lowest BCUT2D eigenvalue weighted by Gasteiger charge is -2.50. The molecule has 1 fully saturated rings. The summed E-state index contributed by atoms with van der Waals surface area (Å²) in [5.41, 5.74) is -0.341. The van der Waals surface area contributed by atoms with Gasteiger partial charge in [-0.2, -0.15) is 0 Å². The molecule has 1 aromatic heterocycles. The van der Waals surface area contributed by atoms with Gasteiger partial charge in [-0.05, 0) is 11.4 Å². The molecule has 3 atom stereocenters. The van der Waals surface area contributed by atoms with E-state index in [0.717, 1.165) is 28.5 Å². The molecule has 148 valence electrons. The lowest BCUT2D eigenvalue weighted by molar-refractivity contribution is -0.151.